The van der Waals surface area contributed by atoms with Crippen LogP contribution in [0.4, 0.5) is 0 Å². The second-order valence-electron chi connectivity index (χ2n) is 5.62. The Labute approximate surface area is 136 Å². The molecule has 1 aliphatic heterocycles. The molecule has 120 valence electrons. The minimum absolute atomic E-state index is 0.0250. The summed E-state index contributed by atoms with van der Waals surface area (Å²) in [6, 6.07) is 11.3. The number of ether oxygens (including phenoxy) is 1. The van der Waals surface area contributed by atoms with E-state index < -0.39 is 0 Å². The number of rotatable bonds is 4. The Bertz CT molecular complexity index is 670. The Hall–Kier alpha value is -2.40. The summed E-state index contributed by atoms with van der Waals surface area (Å²) in [7, 11) is 0. The summed E-state index contributed by atoms with van der Waals surface area (Å²) in [5.41, 5.74) is 3.00. The van der Waals surface area contributed by atoms with Crippen molar-refractivity contribution in [3.05, 3.63) is 59.4 Å². The van der Waals surface area contributed by atoms with Crippen molar-refractivity contribution in [3.63, 3.8) is 0 Å². The SMILES string of the molecule is Cc1ccc(CCNC(=O)C2NCCOc3ccccc32)cn1. The maximum atomic E-state index is 12.5. The third kappa shape index (κ3) is 3.87. The molecule has 1 atom stereocenters. The van der Waals surface area contributed by atoms with Crippen molar-refractivity contribution in [3.8, 4) is 5.75 Å². The summed E-state index contributed by atoms with van der Waals surface area (Å²) < 4.78 is 5.66. The van der Waals surface area contributed by atoms with Gasteiger partial charge in [-0.1, -0.05) is 24.3 Å². The molecule has 3 rings (SSSR count). The molecule has 1 unspecified atom stereocenters. The number of carbonyl (C=O) groups excluding carboxylic acids is 1. The zero-order valence-corrected chi connectivity index (χ0v) is 13.2. The number of fused-ring (bicyclic) bond motifs is 1. The van der Waals surface area contributed by atoms with Gasteiger partial charge in [-0.3, -0.25) is 15.1 Å². The van der Waals surface area contributed by atoms with Gasteiger partial charge in [-0.25, -0.2) is 0 Å². The standard InChI is InChI=1S/C18H21N3O2/c1-13-6-7-14(12-21-13)8-9-20-18(22)17-15-4-2-3-5-16(15)23-11-10-19-17/h2-7,12,17,19H,8-11H2,1H3,(H,20,22). The number of pyridine rings is 1. The number of hydrogen-bond acceptors (Lipinski definition) is 4. The number of para-hydroxylation sites is 1. The van der Waals surface area contributed by atoms with Gasteiger partial charge in [-0.15, -0.1) is 0 Å². The molecule has 0 saturated heterocycles. The molecule has 23 heavy (non-hydrogen) atoms. The molecule has 0 bridgehead atoms. The van der Waals surface area contributed by atoms with Gasteiger partial charge in [0.25, 0.3) is 0 Å². The first-order valence-electron chi connectivity index (χ1n) is 7.88. The monoisotopic (exact) mass is 311 g/mol. The topological polar surface area (TPSA) is 63.2 Å². The molecule has 0 fully saturated rings. The fraction of sp³-hybridized carbons (Fsp3) is 0.333. The van der Waals surface area contributed by atoms with Gasteiger partial charge < -0.3 is 10.1 Å². The molecular weight excluding hydrogens is 290 g/mol. The van der Waals surface area contributed by atoms with E-state index in [-0.39, 0.29) is 11.9 Å². The molecule has 1 aromatic heterocycles. The van der Waals surface area contributed by atoms with Crippen LogP contribution in [0.5, 0.6) is 5.75 Å². The molecule has 0 spiro atoms. The minimum Gasteiger partial charge on any atom is -0.492 e. The number of nitrogens with one attached hydrogen (secondary N) is 2. The first-order valence-corrected chi connectivity index (χ1v) is 7.88. The van der Waals surface area contributed by atoms with E-state index in [2.05, 4.69) is 15.6 Å². The van der Waals surface area contributed by atoms with Crippen LogP contribution in [0.1, 0.15) is 22.9 Å². The van der Waals surface area contributed by atoms with Crippen LogP contribution in [0.25, 0.3) is 0 Å². The summed E-state index contributed by atoms with van der Waals surface area (Å²) in [6.07, 6.45) is 2.62. The smallest absolute Gasteiger partial charge is 0.241 e. The Balaban J connectivity index is 1.60. The van der Waals surface area contributed by atoms with Crippen molar-refractivity contribution in [1.82, 2.24) is 15.6 Å². The third-order valence-electron chi connectivity index (χ3n) is 3.89. The van der Waals surface area contributed by atoms with E-state index in [1.165, 1.54) is 0 Å². The summed E-state index contributed by atoms with van der Waals surface area (Å²) in [4.78, 5) is 16.8. The number of carbonyl (C=O) groups is 1. The highest BCUT2D eigenvalue weighted by Crippen LogP contribution is 2.26. The van der Waals surface area contributed by atoms with Crippen LogP contribution in [0.3, 0.4) is 0 Å². The molecule has 2 heterocycles. The van der Waals surface area contributed by atoms with Crippen molar-refractivity contribution in [2.45, 2.75) is 19.4 Å². The molecule has 0 radical (unpaired) electrons. The number of benzene rings is 1. The maximum absolute atomic E-state index is 12.5. The average Bonchev–Trinajstić information content (AvgIpc) is 2.79. The number of nitrogens with zero attached hydrogens (tertiary/aromatic N) is 1. The van der Waals surface area contributed by atoms with Crippen LogP contribution in [0.2, 0.25) is 0 Å². The first-order chi connectivity index (χ1) is 11.2. The second kappa shape index (κ2) is 7.24. The largest absolute Gasteiger partial charge is 0.492 e. The van der Waals surface area contributed by atoms with E-state index in [1.807, 2.05) is 49.5 Å². The van der Waals surface area contributed by atoms with Crippen LogP contribution in [-0.4, -0.2) is 30.6 Å². The lowest BCUT2D eigenvalue weighted by Gasteiger charge is -2.17. The van der Waals surface area contributed by atoms with Gasteiger partial charge in [0.2, 0.25) is 5.91 Å². The Morgan fingerprint density at radius 1 is 1.35 bits per heavy atom. The van der Waals surface area contributed by atoms with Gasteiger partial charge in [-0.2, -0.15) is 0 Å². The summed E-state index contributed by atoms with van der Waals surface area (Å²) in [5, 5.41) is 6.24. The Morgan fingerprint density at radius 2 is 2.22 bits per heavy atom. The second-order valence-corrected chi connectivity index (χ2v) is 5.62. The number of aryl methyl sites for hydroxylation is 1. The number of hydrogen-bond donors (Lipinski definition) is 2. The molecular formula is C18H21N3O2. The zero-order chi connectivity index (χ0) is 16.1. The molecule has 2 aromatic rings. The fourth-order valence-electron chi connectivity index (χ4n) is 2.64. The summed E-state index contributed by atoms with van der Waals surface area (Å²) in [6.45, 7) is 3.76. The molecule has 1 aromatic carbocycles. The predicted molar refractivity (Wildman–Crippen MR) is 88.4 cm³/mol. The lowest BCUT2D eigenvalue weighted by Crippen LogP contribution is -2.38. The van der Waals surface area contributed by atoms with Gasteiger partial charge in [-0.05, 0) is 31.0 Å². The van der Waals surface area contributed by atoms with Crippen molar-refractivity contribution in [2.24, 2.45) is 0 Å². The zero-order valence-electron chi connectivity index (χ0n) is 13.2. The number of amides is 1. The van der Waals surface area contributed by atoms with Crippen LogP contribution in [0, 0.1) is 6.92 Å². The van der Waals surface area contributed by atoms with Gasteiger partial charge in [0.1, 0.15) is 18.4 Å². The first kappa shape index (κ1) is 15.5. The molecule has 5 heteroatoms. The third-order valence-corrected chi connectivity index (χ3v) is 3.89. The molecule has 1 amide bonds. The lowest BCUT2D eigenvalue weighted by atomic mass is 10.0. The van der Waals surface area contributed by atoms with Crippen LogP contribution < -0.4 is 15.4 Å². The molecule has 2 N–H and O–H groups in total. The average molecular weight is 311 g/mol. The molecule has 0 saturated carbocycles. The lowest BCUT2D eigenvalue weighted by molar-refractivity contribution is -0.123. The Kier molecular flexibility index (Phi) is 4.88. The maximum Gasteiger partial charge on any atom is 0.241 e. The van der Waals surface area contributed by atoms with Crippen LogP contribution in [0.15, 0.2) is 42.6 Å². The fourth-order valence-corrected chi connectivity index (χ4v) is 2.64. The van der Waals surface area contributed by atoms with E-state index in [1.54, 1.807) is 0 Å². The molecule has 1 aliphatic rings. The van der Waals surface area contributed by atoms with Crippen molar-refractivity contribution < 1.29 is 9.53 Å². The van der Waals surface area contributed by atoms with Gasteiger partial charge in [0, 0.05) is 30.5 Å². The van der Waals surface area contributed by atoms with Crippen LogP contribution >= 0.6 is 0 Å². The van der Waals surface area contributed by atoms with E-state index in [0.29, 0.717) is 19.7 Å². The van der Waals surface area contributed by atoms with Crippen molar-refractivity contribution in [2.75, 3.05) is 19.7 Å². The highest BCUT2D eigenvalue weighted by Gasteiger charge is 2.25. The quantitative estimate of drug-likeness (QED) is 0.903. The van der Waals surface area contributed by atoms with Gasteiger partial charge >= 0.3 is 0 Å². The van der Waals surface area contributed by atoms with Crippen molar-refractivity contribution >= 4 is 5.91 Å². The predicted octanol–water partition coefficient (Wildman–Crippen LogP) is 1.77. The van der Waals surface area contributed by atoms with Crippen molar-refractivity contribution in [1.29, 1.82) is 0 Å². The van der Waals surface area contributed by atoms with E-state index >= 15 is 0 Å². The normalized spacial score (nSPS) is 16.8. The van der Waals surface area contributed by atoms with Gasteiger partial charge in [0.05, 0.1) is 0 Å². The minimum atomic E-state index is -0.371. The highest BCUT2D eigenvalue weighted by molar-refractivity contribution is 5.84. The van der Waals surface area contributed by atoms with E-state index in [9.17, 15) is 4.79 Å². The van der Waals surface area contributed by atoms with Crippen LogP contribution in [-0.2, 0) is 11.2 Å². The number of aromatic nitrogens is 1. The summed E-state index contributed by atoms with van der Waals surface area (Å²) in [5.74, 6) is 0.753. The van der Waals surface area contributed by atoms with Gasteiger partial charge in [0.15, 0.2) is 0 Å². The van der Waals surface area contributed by atoms with E-state index in [0.717, 1.165) is 29.0 Å². The molecule has 5 nitrogen and oxygen atoms in total. The summed E-state index contributed by atoms with van der Waals surface area (Å²) >= 11 is 0. The Morgan fingerprint density at radius 3 is 3.04 bits per heavy atom. The molecule has 0 aliphatic carbocycles. The highest BCUT2D eigenvalue weighted by atomic mass is 16.5. The van der Waals surface area contributed by atoms with E-state index in [4.69, 9.17) is 4.74 Å².